The van der Waals surface area contributed by atoms with Crippen molar-refractivity contribution in [2.75, 3.05) is 19.8 Å². The van der Waals surface area contributed by atoms with Crippen molar-refractivity contribution in [3.05, 3.63) is 52.9 Å². The van der Waals surface area contributed by atoms with Crippen LogP contribution < -0.4 is 0 Å². The molecule has 0 amide bonds. The van der Waals surface area contributed by atoms with Crippen molar-refractivity contribution < 1.29 is 23.5 Å². The second kappa shape index (κ2) is 7.21. The number of carbonyl (C=O) groups is 1. The molecule has 1 aliphatic heterocycles. The first-order valence-electron chi connectivity index (χ1n) is 8.82. The highest BCUT2D eigenvalue weighted by molar-refractivity contribution is 5.89. The summed E-state index contributed by atoms with van der Waals surface area (Å²) in [5.74, 6) is -1.10. The van der Waals surface area contributed by atoms with Crippen molar-refractivity contribution in [3.8, 4) is 0 Å². The van der Waals surface area contributed by atoms with Gasteiger partial charge in [0, 0.05) is 11.8 Å². The van der Waals surface area contributed by atoms with Crippen LogP contribution in [-0.4, -0.2) is 30.9 Å². The van der Waals surface area contributed by atoms with Crippen LogP contribution in [0.2, 0.25) is 0 Å². The van der Waals surface area contributed by atoms with Gasteiger partial charge in [0.1, 0.15) is 0 Å². The van der Waals surface area contributed by atoms with Gasteiger partial charge in [0.05, 0.1) is 25.4 Å². The van der Waals surface area contributed by atoms with Crippen molar-refractivity contribution in [2.45, 2.75) is 39.9 Å². The van der Waals surface area contributed by atoms with E-state index in [1.165, 1.54) is 0 Å². The second-order valence-electron chi connectivity index (χ2n) is 7.40. The number of aromatic nitrogens is 1. The Balaban J connectivity index is 1.99. The van der Waals surface area contributed by atoms with Crippen molar-refractivity contribution in [2.24, 2.45) is 5.41 Å². The van der Waals surface area contributed by atoms with Crippen molar-refractivity contribution in [3.63, 3.8) is 0 Å². The highest BCUT2D eigenvalue weighted by Crippen LogP contribution is 2.40. The molecule has 1 fully saturated rings. The van der Waals surface area contributed by atoms with Gasteiger partial charge in [-0.25, -0.2) is 4.79 Å². The lowest BCUT2D eigenvalue weighted by Gasteiger charge is -2.41. The summed E-state index contributed by atoms with van der Waals surface area (Å²) in [4.78, 5) is 12.4. The Hall–Kier alpha value is -2.18. The van der Waals surface area contributed by atoms with Crippen molar-refractivity contribution >= 4 is 5.97 Å². The molecule has 2 aromatic rings. The first-order chi connectivity index (χ1) is 12.3. The third-order valence-corrected chi connectivity index (χ3v) is 4.37. The predicted octanol–water partition coefficient (Wildman–Crippen LogP) is 3.69. The molecule has 26 heavy (non-hydrogen) atoms. The van der Waals surface area contributed by atoms with Gasteiger partial charge in [-0.2, -0.15) is 0 Å². The van der Waals surface area contributed by atoms with Crippen LogP contribution in [0.25, 0.3) is 0 Å². The summed E-state index contributed by atoms with van der Waals surface area (Å²) >= 11 is 0. The second-order valence-corrected chi connectivity index (χ2v) is 7.40. The largest absolute Gasteiger partial charge is 0.461 e. The van der Waals surface area contributed by atoms with Crippen LogP contribution in [0.1, 0.15) is 55.1 Å². The molecular weight excluding hydrogens is 334 g/mol. The van der Waals surface area contributed by atoms with Crippen LogP contribution in [0, 0.1) is 5.41 Å². The van der Waals surface area contributed by atoms with Gasteiger partial charge in [-0.3, -0.25) is 0 Å². The van der Waals surface area contributed by atoms with Crippen molar-refractivity contribution in [1.82, 2.24) is 5.16 Å². The quantitative estimate of drug-likeness (QED) is 0.758. The maximum atomic E-state index is 12.4. The fourth-order valence-corrected chi connectivity index (χ4v) is 2.93. The van der Waals surface area contributed by atoms with E-state index in [9.17, 15) is 4.79 Å². The van der Waals surface area contributed by atoms with Crippen LogP contribution in [0.3, 0.4) is 0 Å². The molecule has 0 atom stereocenters. The smallest absolute Gasteiger partial charge is 0.361 e. The number of benzene rings is 1. The number of rotatable bonds is 5. The Morgan fingerprint density at radius 2 is 1.81 bits per heavy atom. The Labute approximate surface area is 153 Å². The molecule has 1 aromatic heterocycles. The highest BCUT2D eigenvalue weighted by Gasteiger charge is 2.44. The Morgan fingerprint density at radius 3 is 2.42 bits per heavy atom. The maximum Gasteiger partial charge on any atom is 0.361 e. The first-order valence-corrected chi connectivity index (χ1v) is 8.82. The van der Waals surface area contributed by atoms with Crippen LogP contribution in [0.4, 0.5) is 0 Å². The van der Waals surface area contributed by atoms with E-state index >= 15 is 0 Å². The van der Waals surface area contributed by atoms with Gasteiger partial charge < -0.3 is 18.7 Å². The average Bonchev–Trinajstić information content (AvgIpc) is 3.03. The Kier molecular flexibility index (Phi) is 5.16. The van der Waals surface area contributed by atoms with Gasteiger partial charge in [0.15, 0.2) is 17.2 Å². The van der Waals surface area contributed by atoms with Gasteiger partial charge in [0.2, 0.25) is 0 Å². The van der Waals surface area contributed by atoms with Crippen LogP contribution >= 0.6 is 0 Å². The zero-order valence-electron chi connectivity index (χ0n) is 15.7. The van der Waals surface area contributed by atoms with E-state index in [1.54, 1.807) is 13.8 Å². The molecule has 140 valence electrons. The number of ether oxygens (including phenoxy) is 3. The molecule has 1 saturated heterocycles. The minimum absolute atomic E-state index is 0.0969. The molecule has 1 aliphatic rings. The minimum atomic E-state index is -1.11. The van der Waals surface area contributed by atoms with E-state index < -0.39 is 11.8 Å². The minimum Gasteiger partial charge on any atom is -0.461 e. The summed E-state index contributed by atoms with van der Waals surface area (Å²) in [5.41, 5.74) is 1.57. The van der Waals surface area contributed by atoms with E-state index in [0.29, 0.717) is 31.0 Å². The maximum absolute atomic E-state index is 12.4. The fourth-order valence-electron chi connectivity index (χ4n) is 2.93. The highest BCUT2D eigenvalue weighted by atomic mass is 16.7. The lowest BCUT2D eigenvalue weighted by molar-refractivity contribution is -0.298. The van der Waals surface area contributed by atoms with Gasteiger partial charge in [-0.05, 0) is 19.4 Å². The van der Waals surface area contributed by atoms with Crippen LogP contribution in [0.5, 0.6) is 0 Å². The lowest BCUT2D eigenvalue weighted by Crippen LogP contribution is -2.44. The average molecular weight is 359 g/mol. The Morgan fingerprint density at radius 1 is 1.15 bits per heavy atom. The van der Waals surface area contributed by atoms with E-state index in [2.05, 4.69) is 19.0 Å². The summed E-state index contributed by atoms with van der Waals surface area (Å²) in [5, 5.41) is 3.98. The zero-order valence-corrected chi connectivity index (χ0v) is 15.7. The molecule has 6 nitrogen and oxygen atoms in total. The molecule has 0 radical (unpaired) electrons. The molecule has 0 saturated carbocycles. The summed E-state index contributed by atoms with van der Waals surface area (Å²) in [7, 11) is 0. The van der Waals surface area contributed by atoms with E-state index in [0.717, 1.165) is 5.56 Å². The Bertz CT molecular complexity index is 756. The molecule has 2 heterocycles. The monoisotopic (exact) mass is 359 g/mol. The van der Waals surface area contributed by atoms with Crippen LogP contribution in [0.15, 0.2) is 34.9 Å². The molecule has 0 spiro atoms. The molecule has 6 heteroatoms. The fraction of sp³-hybridized carbons (Fsp3) is 0.500. The van der Waals surface area contributed by atoms with Gasteiger partial charge in [-0.1, -0.05) is 49.3 Å². The normalized spacial score (nSPS) is 18.5. The molecular formula is C20H25NO5. The molecule has 0 bridgehead atoms. The summed E-state index contributed by atoms with van der Waals surface area (Å²) in [6.07, 6.45) is 0.480. The van der Waals surface area contributed by atoms with E-state index in [1.807, 2.05) is 30.3 Å². The first kappa shape index (κ1) is 18.6. The topological polar surface area (TPSA) is 70.8 Å². The standard InChI is InChI=1S/C20H25NO5/c1-5-23-18(22)17-16(20(4)24-12-19(2,3)13-25-20)15(26-21-17)11-14-9-7-6-8-10-14/h6-10H,5,11-13H2,1-4H3. The zero-order chi connectivity index (χ0) is 18.8. The molecule has 3 rings (SSSR count). The molecule has 1 aromatic carbocycles. The molecule has 0 N–H and O–H groups in total. The number of esters is 1. The van der Waals surface area contributed by atoms with Crippen LogP contribution in [-0.2, 0) is 26.4 Å². The number of carbonyl (C=O) groups excluding carboxylic acids is 1. The number of hydrogen-bond donors (Lipinski definition) is 0. The SMILES string of the molecule is CCOC(=O)c1noc(Cc2ccccc2)c1C1(C)OCC(C)(C)CO1. The number of nitrogens with zero attached hydrogens (tertiary/aromatic N) is 1. The lowest BCUT2D eigenvalue weighted by atomic mass is 9.92. The summed E-state index contributed by atoms with van der Waals surface area (Å²) < 4.78 is 22.7. The van der Waals surface area contributed by atoms with E-state index in [-0.39, 0.29) is 17.7 Å². The third-order valence-electron chi connectivity index (χ3n) is 4.37. The third kappa shape index (κ3) is 3.81. The summed E-state index contributed by atoms with van der Waals surface area (Å²) in [6, 6.07) is 9.84. The van der Waals surface area contributed by atoms with Gasteiger partial charge in [-0.15, -0.1) is 0 Å². The van der Waals surface area contributed by atoms with Crippen molar-refractivity contribution in [1.29, 1.82) is 0 Å². The molecule has 0 unspecified atom stereocenters. The van der Waals surface area contributed by atoms with Gasteiger partial charge >= 0.3 is 5.97 Å². The predicted molar refractivity (Wildman–Crippen MR) is 94.7 cm³/mol. The summed E-state index contributed by atoms with van der Waals surface area (Å²) in [6.45, 7) is 8.94. The molecule has 0 aliphatic carbocycles. The number of hydrogen-bond acceptors (Lipinski definition) is 6. The van der Waals surface area contributed by atoms with Gasteiger partial charge in [0.25, 0.3) is 0 Å². The van der Waals surface area contributed by atoms with E-state index in [4.69, 9.17) is 18.7 Å².